The second kappa shape index (κ2) is 4.96. The van der Waals surface area contributed by atoms with Crippen LogP contribution in [0.1, 0.15) is 26.0 Å². The number of nitrogens with zero attached hydrogens (tertiary/aromatic N) is 3. The van der Waals surface area contributed by atoms with Crippen molar-refractivity contribution in [2.75, 3.05) is 0 Å². The van der Waals surface area contributed by atoms with Crippen molar-refractivity contribution in [1.82, 2.24) is 20.1 Å². The van der Waals surface area contributed by atoms with Crippen LogP contribution >= 0.6 is 11.3 Å². The SMILES string of the molecule is Cn1ccc(C(=O)NCc2nc(C(=O)O)cs2)n1. The number of aromatic carboxylic acids is 1. The van der Waals surface area contributed by atoms with Crippen molar-refractivity contribution in [2.24, 2.45) is 7.05 Å². The maximum absolute atomic E-state index is 11.6. The summed E-state index contributed by atoms with van der Waals surface area (Å²) in [6.07, 6.45) is 1.67. The summed E-state index contributed by atoms with van der Waals surface area (Å²) in [6.45, 7) is 0.188. The smallest absolute Gasteiger partial charge is 0.355 e. The Morgan fingerprint density at radius 3 is 2.83 bits per heavy atom. The molecule has 2 aromatic rings. The fourth-order valence-corrected chi connectivity index (χ4v) is 1.98. The van der Waals surface area contributed by atoms with Crippen LogP contribution in [0.4, 0.5) is 0 Å². The van der Waals surface area contributed by atoms with Gasteiger partial charge in [0, 0.05) is 18.6 Å². The Morgan fingerprint density at radius 2 is 2.28 bits per heavy atom. The number of nitrogens with one attached hydrogen (secondary N) is 1. The molecule has 0 atom stereocenters. The molecule has 2 aromatic heterocycles. The van der Waals surface area contributed by atoms with Gasteiger partial charge in [0.15, 0.2) is 5.69 Å². The first kappa shape index (κ1) is 12.2. The van der Waals surface area contributed by atoms with Gasteiger partial charge in [-0.05, 0) is 6.07 Å². The Balaban J connectivity index is 1.95. The molecule has 2 rings (SSSR count). The molecule has 0 radical (unpaired) electrons. The first-order valence-corrected chi connectivity index (χ1v) is 5.90. The van der Waals surface area contributed by atoms with E-state index in [4.69, 9.17) is 5.11 Å². The predicted octanol–water partition coefficient (Wildman–Crippen LogP) is 0.505. The maximum atomic E-state index is 11.6. The lowest BCUT2D eigenvalue weighted by molar-refractivity contribution is 0.0691. The van der Waals surface area contributed by atoms with Crippen molar-refractivity contribution < 1.29 is 14.7 Å². The van der Waals surface area contributed by atoms with E-state index in [0.717, 1.165) is 0 Å². The summed E-state index contributed by atoms with van der Waals surface area (Å²) in [5.41, 5.74) is 0.301. The summed E-state index contributed by atoms with van der Waals surface area (Å²) >= 11 is 1.19. The molecule has 0 aliphatic carbocycles. The first-order valence-electron chi connectivity index (χ1n) is 5.02. The summed E-state index contributed by atoms with van der Waals surface area (Å²) in [4.78, 5) is 26.1. The molecule has 94 valence electrons. The third kappa shape index (κ3) is 2.72. The van der Waals surface area contributed by atoms with Crippen LogP contribution in [-0.4, -0.2) is 31.7 Å². The number of rotatable bonds is 4. The number of hydrogen-bond donors (Lipinski definition) is 2. The van der Waals surface area contributed by atoms with E-state index >= 15 is 0 Å². The molecule has 0 spiro atoms. The van der Waals surface area contributed by atoms with Crippen molar-refractivity contribution >= 4 is 23.2 Å². The van der Waals surface area contributed by atoms with E-state index in [1.54, 1.807) is 19.3 Å². The Bertz CT molecular complexity index is 589. The van der Waals surface area contributed by atoms with Crippen LogP contribution in [0.2, 0.25) is 0 Å². The summed E-state index contributed by atoms with van der Waals surface area (Å²) in [7, 11) is 1.72. The van der Waals surface area contributed by atoms with E-state index in [-0.39, 0.29) is 18.1 Å². The lowest BCUT2D eigenvalue weighted by Gasteiger charge is -1.99. The largest absolute Gasteiger partial charge is 0.476 e. The van der Waals surface area contributed by atoms with Crippen molar-refractivity contribution in [3.63, 3.8) is 0 Å². The second-order valence-electron chi connectivity index (χ2n) is 3.49. The third-order valence-electron chi connectivity index (χ3n) is 2.12. The molecule has 0 saturated carbocycles. The van der Waals surface area contributed by atoms with E-state index in [2.05, 4.69) is 15.4 Å². The van der Waals surface area contributed by atoms with Gasteiger partial charge in [0.25, 0.3) is 5.91 Å². The average Bonchev–Trinajstić information content (AvgIpc) is 2.94. The number of carbonyl (C=O) groups is 2. The molecule has 2 heterocycles. The monoisotopic (exact) mass is 266 g/mol. The van der Waals surface area contributed by atoms with E-state index < -0.39 is 5.97 Å². The van der Waals surface area contributed by atoms with Gasteiger partial charge in [-0.25, -0.2) is 9.78 Å². The van der Waals surface area contributed by atoms with Gasteiger partial charge < -0.3 is 10.4 Å². The summed E-state index contributed by atoms with van der Waals surface area (Å²) in [6, 6.07) is 1.60. The molecule has 18 heavy (non-hydrogen) atoms. The zero-order valence-corrected chi connectivity index (χ0v) is 10.3. The number of carbonyl (C=O) groups excluding carboxylic acids is 1. The molecule has 0 aromatic carbocycles. The molecule has 1 amide bonds. The number of aromatic nitrogens is 3. The topological polar surface area (TPSA) is 97.1 Å². The van der Waals surface area contributed by atoms with E-state index in [1.807, 2.05) is 0 Å². The van der Waals surface area contributed by atoms with Gasteiger partial charge >= 0.3 is 5.97 Å². The third-order valence-corrected chi connectivity index (χ3v) is 2.97. The predicted molar refractivity (Wildman–Crippen MR) is 63.5 cm³/mol. The van der Waals surface area contributed by atoms with Crippen LogP contribution in [0.25, 0.3) is 0 Å². The van der Waals surface area contributed by atoms with Crippen molar-refractivity contribution in [3.8, 4) is 0 Å². The van der Waals surface area contributed by atoms with Gasteiger partial charge in [-0.3, -0.25) is 9.48 Å². The van der Waals surface area contributed by atoms with Crippen LogP contribution in [0.15, 0.2) is 17.6 Å². The number of hydrogen-bond acceptors (Lipinski definition) is 5. The van der Waals surface area contributed by atoms with Crippen LogP contribution in [0.5, 0.6) is 0 Å². The normalized spacial score (nSPS) is 10.3. The van der Waals surface area contributed by atoms with E-state index in [9.17, 15) is 9.59 Å². The zero-order valence-electron chi connectivity index (χ0n) is 9.45. The highest BCUT2D eigenvalue weighted by atomic mass is 32.1. The first-order chi connectivity index (χ1) is 8.56. The van der Waals surface area contributed by atoms with E-state index in [0.29, 0.717) is 10.7 Å². The van der Waals surface area contributed by atoms with Crippen molar-refractivity contribution in [1.29, 1.82) is 0 Å². The van der Waals surface area contributed by atoms with Crippen molar-refractivity contribution in [2.45, 2.75) is 6.54 Å². The Labute approximate surface area is 106 Å². The van der Waals surface area contributed by atoms with Gasteiger partial charge in [-0.1, -0.05) is 0 Å². The number of aryl methyl sites for hydroxylation is 1. The fourth-order valence-electron chi connectivity index (χ4n) is 1.27. The number of thiazole rings is 1. The molecule has 7 nitrogen and oxygen atoms in total. The lowest BCUT2D eigenvalue weighted by Crippen LogP contribution is -2.23. The summed E-state index contributed by atoms with van der Waals surface area (Å²) in [5, 5.41) is 17.2. The average molecular weight is 266 g/mol. The van der Waals surface area contributed by atoms with Gasteiger partial charge in [0.2, 0.25) is 0 Å². The molecule has 0 aliphatic heterocycles. The molecular weight excluding hydrogens is 256 g/mol. The Morgan fingerprint density at radius 1 is 1.50 bits per heavy atom. The van der Waals surface area contributed by atoms with Gasteiger partial charge in [0.1, 0.15) is 10.7 Å². The summed E-state index contributed by atoms with van der Waals surface area (Å²) < 4.78 is 1.53. The summed E-state index contributed by atoms with van der Waals surface area (Å²) in [5.74, 6) is -1.39. The fraction of sp³-hybridized carbons (Fsp3) is 0.200. The molecule has 0 unspecified atom stereocenters. The van der Waals surface area contributed by atoms with Gasteiger partial charge in [-0.2, -0.15) is 5.10 Å². The Hall–Kier alpha value is -2.22. The minimum Gasteiger partial charge on any atom is -0.476 e. The van der Waals surface area contributed by atoms with Crippen LogP contribution in [0, 0.1) is 0 Å². The number of carboxylic acid groups (broad SMARTS) is 1. The standard InChI is InChI=1S/C10H10N4O3S/c1-14-3-2-6(13-14)9(15)11-4-8-12-7(5-18-8)10(16)17/h2-3,5H,4H2,1H3,(H,11,15)(H,16,17). The number of carboxylic acids is 1. The van der Waals surface area contributed by atoms with Crippen molar-refractivity contribution in [3.05, 3.63) is 34.0 Å². The second-order valence-corrected chi connectivity index (χ2v) is 4.43. The minimum atomic E-state index is -1.08. The highest BCUT2D eigenvalue weighted by molar-refractivity contribution is 7.09. The quantitative estimate of drug-likeness (QED) is 0.840. The molecular formula is C10H10N4O3S. The van der Waals surface area contributed by atoms with Crippen LogP contribution < -0.4 is 5.32 Å². The molecule has 2 N–H and O–H groups in total. The Kier molecular flexibility index (Phi) is 3.38. The highest BCUT2D eigenvalue weighted by Gasteiger charge is 2.11. The lowest BCUT2D eigenvalue weighted by atomic mass is 10.4. The highest BCUT2D eigenvalue weighted by Crippen LogP contribution is 2.09. The number of amides is 1. The molecule has 0 saturated heterocycles. The van der Waals surface area contributed by atoms with Gasteiger partial charge in [-0.15, -0.1) is 11.3 Å². The molecule has 0 aliphatic rings. The maximum Gasteiger partial charge on any atom is 0.355 e. The van der Waals surface area contributed by atoms with Crippen LogP contribution in [0.3, 0.4) is 0 Å². The van der Waals surface area contributed by atoms with Crippen LogP contribution in [-0.2, 0) is 13.6 Å². The van der Waals surface area contributed by atoms with E-state index in [1.165, 1.54) is 21.4 Å². The molecule has 0 bridgehead atoms. The zero-order chi connectivity index (χ0) is 13.1. The molecule has 8 heteroatoms. The minimum absolute atomic E-state index is 0.0120. The molecule has 0 fully saturated rings. The van der Waals surface area contributed by atoms with Gasteiger partial charge in [0.05, 0.1) is 6.54 Å².